The highest BCUT2D eigenvalue weighted by Gasteiger charge is 2.35. The molecule has 0 radical (unpaired) electrons. The molecule has 1 aromatic carbocycles. The first-order valence-electron chi connectivity index (χ1n) is 6.76. The van der Waals surface area contributed by atoms with Crippen LogP contribution < -0.4 is 10.4 Å². The quantitative estimate of drug-likeness (QED) is 0.612. The number of methoxy groups -OCH3 is 1. The molecule has 1 fully saturated rings. The molecular formula is C15H16FNO3. The fraction of sp³-hybridized carbons (Fsp3) is 0.467. The Labute approximate surface area is 115 Å². The van der Waals surface area contributed by atoms with Crippen LogP contribution in [0, 0.1) is 21.3 Å². The third kappa shape index (κ3) is 2.02. The standard InChI is InChI=1S/C15H16FNO3/c1-20-10-4-6-15(7-5-10)8-11-12(9-15)14(17(18)19)3-2-13(11)16/h2-3,8-10H,4-7H2,1H3. The van der Waals surface area contributed by atoms with E-state index in [0.717, 1.165) is 25.7 Å². The van der Waals surface area contributed by atoms with E-state index < -0.39 is 4.92 Å². The molecule has 106 valence electrons. The minimum absolute atomic E-state index is 0.0108. The van der Waals surface area contributed by atoms with E-state index in [2.05, 4.69) is 0 Å². The fourth-order valence-corrected chi connectivity index (χ4v) is 3.33. The van der Waals surface area contributed by atoms with Crippen molar-refractivity contribution in [3.8, 4) is 0 Å². The summed E-state index contributed by atoms with van der Waals surface area (Å²) in [6.45, 7) is 0. The van der Waals surface area contributed by atoms with E-state index in [4.69, 9.17) is 4.74 Å². The molecule has 2 aliphatic rings. The Morgan fingerprint density at radius 1 is 1.30 bits per heavy atom. The molecule has 0 N–H and O–H groups in total. The Bertz CT molecular complexity index is 675. The first kappa shape index (κ1) is 13.2. The van der Waals surface area contributed by atoms with E-state index in [1.165, 1.54) is 12.1 Å². The van der Waals surface area contributed by atoms with Crippen LogP contribution in [0.25, 0.3) is 12.2 Å². The zero-order chi connectivity index (χ0) is 14.3. The van der Waals surface area contributed by atoms with Crippen molar-refractivity contribution in [2.75, 3.05) is 7.11 Å². The Morgan fingerprint density at radius 3 is 2.55 bits per heavy atom. The molecule has 0 aromatic heterocycles. The Morgan fingerprint density at radius 2 is 1.95 bits per heavy atom. The maximum Gasteiger partial charge on any atom is 0.277 e. The summed E-state index contributed by atoms with van der Waals surface area (Å²) in [7, 11) is 1.70. The molecule has 5 heteroatoms. The molecule has 2 aliphatic carbocycles. The van der Waals surface area contributed by atoms with Gasteiger partial charge in [-0.3, -0.25) is 10.1 Å². The van der Waals surface area contributed by atoms with Crippen LogP contribution in [0.5, 0.6) is 0 Å². The van der Waals surface area contributed by atoms with Gasteiger partial charge in [0.1, 0.15) is 5.82 Å². The predicted molar refractivity (Wildman–Crippen MR) is 72.9 cm³/mol. The van der Waals surface area contributed by atoms with Crippen molar-refractivity contribution in [3.05, 3.63) is 38.5 Å². The van der Waals surface area contributed by atoms with Gasteiger partial charge in [-0.1, -0.05) is 12.2 Å². The van der Waals surface area contributed by atoms with Gasteiger partial charge in [0.05, 0.1) is 16.2 Å². The minimum atomic E-state index is -0.442. The Kier molecular flexibility index (Phi) is 3.09. The van der Waals surface area contributed by atoms with Crippen LogP contribution in [0.4, 0.5) is 10.1 Å². The zero-order valence-corrected chi connectivity index (χ0v) is 11.3. The number of nitro benzene ring substituents is 1. The van der Waals surface area contributed by atoms with Crippen LogP contribution in [0.1, 0.15) is 25.7 Å². The number of rotatable bonds is 2. The number of halogens is 1. The van der Waals surface area contributed by atoms with Gasteiger partial charge in [-0.05, 0) is 31.7 Å². The second-order valence-electron chi connectivity index (χ2n) is 5.61. The van der Waals surface area contributed by atoms with Crippen molar-refractivity contribution in [1.82, 2.24) is 0 Å². The van der Waals surface area contributed by atoms with Crippen LogP contribution in [-0.4, -0.2) is 18.1 Å². The lowest BCUT2D eigenvalue weighted by Crippen LogP contribution is -2.27. The fourth-order valence-electron chi connectivity index (χ4n) is 3.33. The number of benzene rings is 1. The number of nitro groups is 1. The molecule has 1 spiro atoms. The molecule has 3 rings (SSSR count). The summed E-state index contributed by atoms with van der Waals surface area (Å²) in [5, 5.41) is 11.9. The second kappa shape index (κ2) is 4.66. The van der Waals surface area contributed by atoms with E-state index in [0.29, 0.717) is 10.4 Å². The minimum Gasteiger partial charge on any atom is -0.381 e. The van der Waals surface area contributed by atoms with Gasteiger partial charge in [0, 0.05) is 23.8 Å². The monoisotopic (exact) mass is 277 g/mol. The van der Waals surface area contributed by atoms with Gasteiger partial charge < -0.3 is 4.74 Å². The largest absolute Gasteiger partial charge is 0.381 e. The summed E-state index contributed by atoms with van der Waals surface area (Å²) in [4.78, 5) is 10.6. The maximum atomic E-state index is 13.9. The Balaban J connectivity index is 2.07. The van der Waals surface area contributed by atoms with Gasteiger partial charge >= 0.3 is 0 Å². The van der Waals surface area contributed by atoms with Gasteiger partial charge in [0.2, 0.25) is 0 Å². The van der Waals surface area contributed by atoms with E-state index >= 15 is 0 Å². The van der Waals surface area contributed by atoms with Crippen LogP contribution in [0.2, 0.25) is 0 Å². The van der Waals surface area contributed by atoms with Crippen molar-refractivity contribution in [3.63, 3.8) is 0 Å². The third-order valence-corrected chi connectivity index (χ3v) is 4.47. The second-order valence-corrected chi connectivity index (χ2v) is 5.61. The maximum absolute atomic E-state index is 13.9. The summed E-state index contributed by atoms with van der Waals surface area (Å²) in [5.41, 5.74) is -0.256. The molecule has 1 saturated carbocycles. The molecule has 0 bridgehead atoms. The molecule has 0 heterocycles. The van der Waals surface area contributed by atoms with Gasteiger partial charge in [0.15, 0.2) is 0 Å². The van der Waals surface area contributed by atoms with Gasteiger partial charge in [0.25, 0.3) is 5.69 Å². The van der Waals surface area contributed by atoms with Crippen molar-refractivity contribution in [2.24, 2.45) is 5.41 Å². The van der Waals surface area contributed by atoms with Gasteiger partial charge in [-0.15, -0.1) is 0 Å². The van der Waals surface area contributed by atoms with Crippen LogP contribution in [0.3, 0.4) is 0 Å². The normalized spacial score (nSPS) is 27.8. The molecule has 1 aromatic rings. The molecule has 0 saturated heterocycles. The lowest BCUT2D eigenvalue weighted by atomic mass is 9.74. The topological polar surface area (TPSA) is 52.4 Å². The molecule has 4 nitrogen and oxygen atoms in total. The Hall–Kier alpha value is -1.75. The molecular weight excluding hydrogens is 261 g/mol. The number of fused-ring (bicyclic) bond motifs is 1. The van der Waals surface area contributed by atoms with Crippen molar-refractivity contribution in [1.29, 1.82) is 0 Å². The molecule has 20 heavy (non-hydrogen) atoms. The summed E-state index contributed by atoms with van der Waals surface area (Å²) in [6.07, 6.45) is 7.48. The number of hydrogen-bond donors (Lipinski definition) is 0. The highest BCUT2D eigenvalue weighted by molar-refractivity contribution is 5.61. The van der Waals surface area contributed by atoms with E-state index in [1.807, 2.05) is 12.2 Å². The van der Waals surface area contributed by atoms with Gasteiger partial charge in [-0.2, -0.15) is 0 Å². The lowest BCUT2D eigenvalue weighted by molar-refractivity contribution is -0.386. The van der Waals surface area contributed by atoms with E-state index in [9.17, 15) is 14.5 Å². The number of hydrogen-bond acceptors (Lipinski definition) is 3. The average molecular weight is 277 g/mol. The van der Waals surface area contributed by atoms with Crippen LogP contribution >= 0.6 is 0 Å². The van der Waals surface area contributed by atoms with Crippen LogP contribution in [0.15, 0.2) is 12.1 Å². The predicted octanol–water partition coefficient (Wildman–Crippen LogP) is 1.88. The number of nitrogens with zero attached hydrogens (tertiary/aromatic N) is 1. The highest BCUT2D eigenvalue weighted by atomic mass is 19.1. The highest BCUT2D eigenvalue weighted by Crippen LogP contribution is 2.41. The SMILES string of the molecule is COC1CCC2(C=c3c(F)ccc([N+](=O)[O-])c3=C2)CC1. The van der Waals surface area contributed by atoms with E-state index in [1.54, 1.807) is 7.11 Å². The van der Waals surface area contributed by atoms with Crippen molar-refractivity contribution < 1.29 is 14.1 Å². The smallest absolute Gasteiger partial charge is 0.277 e. The van der Waals surface area contributed by atoms with E-state index in [-0.39, 0.29) is 23.0 Å². The number of non-ortho nitro benzene ring substituents is 1. The third-order valence-electron chi connectivity index (χ3n) is 4.47. The van der Waals surface area contributed by atoms with Crippen molar-refractivity contribution in [2.45, 2.75) is 31.8 Å². The first-order valence-corrected chi connectivity index (χ1v) is 6.76. The van der Waals surface area contributed by atoms with Crippen LogP contribution in [-0.2, 0) is 4.74 Å². The number of ether oxygens (including phenoxy) is 1. The van der Waals surface area contributed by atoms with Gasteiger partial charge in [-0.25, -0.2) is 4.39 Å². The zero-order valence-electron chi connectivity index (χ0n) is 11.3. The summed E-state index contributed by atoms with van der Waals surface area (Å²) in [6, 6.07) is 2.43. The average Bonchev–Trinajstić information content (AvgIpc) is 2.80. The molecule has 0 amide bonds. The molecule has 0 aliphatic heterocycles. The lowest BCUT2D eigenvalue weighted by Gasteiger charge is -2.33. The first-order chi connectivity index (χ1) is 9.54. The van der Waals surface area contributed by atoms with Crippen molar-refractivity contribution >= 4 is 17.8 Å². The molecule has 0 atom stereocenters. The summed E-state index contributed by atoms with van der Waals surface area (Å²) < 4.78 is 19.3. The summed E-state index contributed by atoms with van der Waals surface area (Å²) >= 11 is 0. The summed E-state index contributed by atoms with van der Waals surface area (Å²) in [5.74, 6) is -0.382. The molecule has 0 unspecified atom stereocenters.